The van der Waals surface area contributed by atoms with E-state index in [-0.39, 0.29) is 6.10 Å². The molecule has 1 aromatic carbocycles. The third-order valence-electron chi connectivity index (χ3n) is 2.69. The first kappa shape index (κ1) is 11.8. The Kier molecular flexibility index (Phi) is 3.91. The lowest BCUT2D eigenvalue weighted by atomic mass is 10.1. The molecule has 5 heteroatoms. The number of hydrogen-bond acceptors (Lipinski definition) is 4. The molecule has 17 heavy (non-hydrogen) atoms. The Morgan fingerprint density at radius 3 is 3.12 bits per heavy atom. The van der Waals surface area contributed by atoms with Gasteiger partial charge in [0.25, 0.3) is 0 Å². The molecule has 1 aliphatic heterocycles. The van der Waals surface area contributed by atoms with Crippen molar-refractivity contribution in [1.29, 1.82) is 5.39 Å². The Morgan fingerprint density at radius 2 is 2.47 bits per heavy atom. The van der Waals surface area contributed by atoms with Gasteiger partial charge in [-0.25, -0.2) is 0 Å². The molecule has 90 valence electrons. The van der Waals surface area contributed by atoms with Gasteiger partial charge < -0.3 is 14.8 Å². The highest BCUT2D eigenvalue weighted by Crippen LogP contribution is 2.32. The molecule has 0 bridgehead atoms. The lowest BCUT2D eigenvalue weighted by Gasteiger charge is -2.23. The fourth-order valence-electron chi connectivity index (χ4n) is 1.86. The summed E-state index contributed by atoms with van der Waals surface area (Å²) < 4.78 is 11.1. The zero-order valence-corrected chi connectivity index (χ0v) is 9.85. The Hall–Kier alpha value is -1.64. The first-order valence-electron chi connectivity index (χ1n) is 5.79. The van der Waals surface area contributed by atoms with Crippen molar-refractivity contribution in [3.63, 3.8) is 0 Å². The predicted octanol–water partition coefficient (Wildman–Crippen LogP) is 2.23. The summed E-state index contributed by atoms with van der Waals surface area (Å²) in [4.78, 5) is 3.19. The Bertz CT molecular complexity index is 422. The topological polar surface area (TPSA) is 58.6 Å². The molecule has 1 N–H and O–H groups in total. The van der Waals surface area contributed by atoms with Crippen LogP contribution < -0.4 is 10.1 Å². The molecule has 2 rings (SSSR count). The summed E-state index contributed by atoms with van der Waals surface area (Å²) in [6.45, 7) is 4.82. The van der Waals surface area contributed by atoms with Crippen molar-refractivity contribution in [1.82, 2.24) is 5.32 Å². The van der Waals surface area contributed by atoms with E-state index in [1.54, 1.807) is 6.07 Å². The van der Waals surface area contributed by atoms with Gasteiger partial charge in [-0.2, -0.15) is 0 Å². The van der Waals surface area contributed by atoms with Gasteiger partial charge in [0.15, 0.2) is 4.98 Å². The van der Waals surface area contributed by atoms with Gasteiger partial charge in [0.2, 0.25) is 11.1 Å². The Labute approximate surface area is 100 Å². The van der Waals surface area contributed by atoms with E-state index in [0.29, 0.717) is 24.7 Å². The van der Waals surface area contributed by atoms with E-state index in [1.807, 2.05) is 19.1 Å². The second-order valence-electron chi connectivity index (χ2n) is 3.82. The van der Waals surface area contributed by atoms with E-state index < -0.39 is 0 Å². The van der Waals surface area contributed by atoms with Crippen molar-refractivity contribution >= 4 is 5.69 Å². The van der Waals surface area contributed by atoms with Gasteiger partial charge in [0.05, 0.1) is 19.3 Å². The summed E-state index contributed by atoms with van der Waals surface area (Å²) in [5.41, 5.74) is 1.48. The highest BCUT2D eigenvalue weighted by Gasteiger charge is 2.21. The van der Waals surface area contributed by atoms with E-state index in [2.05, 4.69) is 10.3 Å². The molecule has 1 aromatic rings. The number of hydrogen-bond donors (Lipinski definition) is 1. The number of benzene rings is 1. The maximum atomic E-state index is 8.85. The standard InChI is InChI=1S/C12H16N3O2/c1-2-16-11-7-9(3-4-10(11)15-13)12-8-14-5-6-17-12/h3-4,7,12,14H,2,5-6,8H2,1H3/q+1. The van der Waals surface area contributed by atoms with Crippen LogP contribution in [0.3, 0.4) is 0 Å². The van der Waals surface area contributed by atoms with Crippen molar-refractivity contribution in [2.24, 2.45) is 0 Å². The molecule has 5 nitrogen and oxygen atoms in total. The number of nitrogens with zero attached hydrogens (tertiary/aromatic N) is 2. The molecule has 0 aromatic heterocycles. The van der Waals surface area contributed by atoms with E-state index in [4.69, 9.17) is 14.9 Å². The summed E-state index contributed by atoms with van der Waals surface area (Å²) in [6, 6.07) is 5.50. The molecule has 1 atom stereocenters. The Morgan fingerprint density at radius 1 is 1.59 bits per heavy atom. The molecule has 0 saturated carbocycles. The molecule has 0 aliphatic carbocycles. The van der Waals surface area contributed by atoms with Crippen LogP contribution in [0.4, 0.5) is 5.69 Å². The van der Waals surface area contributed by atoms with Crippen molar-refractivity contribution in [2.75, 3.05) is 26.3 Å². The van der Waals surface area contributed by atoms with Gasteiger partial charge in [0, 0.05) is 19.2 Å². The molecule has 0 amide bonds. The zero-order valence-electron chi connectivity index (χ0n) is 9.85. The lowest BCUT2D eigenvalue weighted by molar-refractivity contribution is 0.0276. The highest BCUT2D eigenvalue weighted by molar-refractivity contribution is 5.58. The monoisotopic (exact) mass is 234 g/mol. The van der Waals surface area contributed by atoms with Crippen LogP contribution in [0.1, 0.15) is 18.6 Å². The van der Waals surface area contributed by atoms with E-state index in [1.165, 1.54) is 0 Å². The van der Waals surface area contributed by atoms with Gasteiger partial charge in [0.1, 0.15) is 0 Å². The van der Waals surface area contributed by atoms with Crippen molar-refractivity contribution in [3.05, 3.63) is 28.7 Å². The average molecular weight is 234 g/mol. The van der Waals surface area contributed by atoms with E-state index in [0.717, 1.165) is 18.7 Å². The number of rotatable bonds is 3. The fraction of sp³-hybridized carbons (Fsp3) is 0.500. The molecule has 1 saturated heterocycles. The number of diazo groups is 1. The molecule has 0 spiro atoms. The first-order chi connectivity index (χ1) is 8.35. The largest absolute Gasteiger partial charge is 0.486 e. The summed E-state index contributed by atoms with van der Waals surface area (Å²) >= 11 is 0. The minimum Gasteiger partial charge on any atom is -0.486 e. The lowest BCUT2D eigenvalue weighted by Crippen LogP contribution is -2.33. The molecule has 1 heterocycles. The van der Waals surface area contributed by atoms with Crippen LogP contribution in [0, 0.1) is 5.39 Å². The number of ether oxygens (including phenoxy) is 2. The normalized spacial score (nSPS) is 19.6. The minimum absolute atomic E-state index is 0.0377. The predicted molar refractivity (Wildman–Crippen MR) is 63.9 cm³/mol. The molecule has 1 fully saturated rings. The van der Waals surface area contributed by atoms with Gasteiger partial charge in [-0.15, -0.1) is 0 Å². The van der Waals surface area contributed by atoms with E-state index in [9.17, 15) is 0 Å². The highest BCUT2D eigenvalue weighted by atomic mass is 16.5. The summed E-state index contributed by atoms with van der Waals surface area (Å²) in [7, 11) is 0. The van der Waals surface area contributed by atoms with Crippen LogP contribution in [0.15, 0.2) is 18.2 Å². The molecule has 0 radical (unpaired) electrons. The van der Waals surface area contributed by atoms with Crippen molar-refractivity contribution < 1.29 is 9.47 Å². The van der Waals surface area contributed by atoms with Crippen LogP contribution in [-0.2, 0) is 4.74 Å². The third-order valence-corrected chi connectivity index (χ3v) is 2.69. The van der Waals surface area contributed by atoms with Crippen LogP contribution >= 0.6 is 0 Å². The van der Waals surface area contributed by atoms with Gasteiger partial charge in [-0.05, 0) is 24.6 Å². The smallest absolute Gasteiger partial charge is 0.426 e. The number of nitrogens with one attached hydrogen (secondary N) is 1. The minimum atomic E-state index is 0.0377. The quantitative estimate of drug-likeness (QED) is 0.815. The summed E-state index contributed by atoms with van der Waals surface area (Å²) in [6.07, 6.45) is 0.0377. The van der Waals surface area contributed by atoms with Crippen LogP contribution in [-0.4, -0.2) is 26.3 Å². The second kappa shape index (κ2) is 5.62. The first-order valence-corrected chi connectivity index (χ1v) is 5.79. The van der Waals surface area contributed by atoms with Crippen LogP contribution in [0.25, 0.3) is 4.98 Å². The molecule has 1 unspecified atom stereocenters. The average Bonchev–Trinajstić information content (AvgIpc) is 2.40. The number of morpholine rings is 1. The van der Waals surface area contributed by atoms with Crippen LogP contribution in [0.2, 0.25) is 0 Å². The zero-order chi connectivity index (χ0) is 12.1. The maximum Gasteiger partial charge on any atom is 0.426 e. The molecular weight excluding hydrogens is 218 g/mol. The Balaban J connectivity index is 2.23. The van der Waals surface area contributed by atoms with Crippen molar-refractivity contribution in [3.8, 4) is 5.75 Å². The van der Waals surface area contributed by atoms with E-state index >= 15 is 0 Å². The maximum absolute atomic E-state index is 8.85. The van der Waals surface area contributed by atoms with Gasteiger partial charge >= 0.3 is 5.69 Å². The van der Waals surface area contributed by atoms with Crippen LogP contribution in [0.5, 0.6) is 5.75 Å². The SMILES string of the molecule is CCOc1cc(C2CNCCO2)ccc1[N+]#N. The fourth-order valence-corrected chi connectivity index (χ4v) is 1.86. The molecular formula is C12H16N3O2+. The second-order valence-corrected chi connectivity index (χ2v) is 3.82. The molecule has 1 aliphatic rings. The summed E-state index contributed by atoms with van der Waals surface area (Å²) in [5.74, 6) is 0.585. The van der Waals surface area contributed by atoms with Gasteiger partial charge in [-0.1, -0.05) is 0 Å². The van der Waals surface area contributed by atoms with Gasteiger partial charge in [-0.3, -0.25) is 0 Å². The summed E-state index contributed by atoms with van der Waals surface area (Å²) in [5, 5.41) is 12.1. The van der Waals surface area contributed by atoms with Crippen molar-refractivity contribution in [2.45, 2.75) is 13.0 Å². The third kappa shape index (κ3) is 2.73.